The monoisotopic (exact) mass is 263 g/mol. The van der Waals surface area contributed by atoms with Gasteiger partial charge in [-0.15, -0.1) is 0 Å². The van der Waals surface area contributed by atoms with Crippen molar-refractivity contribution in [2.24, 2.45) is 5.10 Å². The molecule has 0 aromatic carbocycles. The molecule has 0 unspecified atom stereocenters. The maximum Gasteiger partial charge on any atom is 0.267 e. The van der Waals surface area contributed by atoms with E-state index in [1.165, 1.54) is 0 Å². The van der Waals surface area contributed by atoms with Crippen molar-refractivity contribution >= 4 is 17.5 Å². The van der Waals surface area contributed by atoms with Crippen molar-refractivity contribution in [2.75, 3.05) is 6.54 Å². The van der Waals surface area contributed by atoms with Crippen molar-refractivity contribution in [1.29, 1.82) is 0 Å². The normalized spacial score (nSPS) is 14.8. The van der Waals surface area contributed by atoms with E-state index in [-0.39, 0.29) is 11.8 Å². The molecule has 3 N–H and O–H groups in total. The molecule has 1 aromatic heterocycles. The molecule has 0 saturated carbocycles. The summed E-state index contributed by atoms with van der Waals surface area (Å²) in [4.78, 5) is 22.7. The van der Waals surface area contributed by atoms with Crippen LogP contribution in [0.5, 0.6) is 0 Å². The molecule has 7 heteroatoms. The molecule has 2 rings (SSSR count). The minimum absolute atomic E-state index is 0.152. The number of carbonyl (C=O) groups excluding carboxylic acids is 2. The molecule has 0 saturated heterocycles. The van der Waals surface area contributed by atoms with Crippen molar-refractivity contribution in [3.05, 3.63) is 17.0 Å². The van der Waals surface area contributed by atoms with Gasteiger partial charge in [-0.3, -0.25) is 14.7 Å². The van der Waals surface area contributed by atoms with E-state index in [1.54, 1.807) is 0 Å². The van der Waals surface area contributed by atoms with E-state index in [9.17, 15) is 9.59 Å². The van der Waals surface area contributed by atoms with E-state index in [4.69, 9.17) is 0 Å². The Bertz CT molecular complexity index is 513. The Morgan fingerprint density at radius 1 is 1.37 bits per heavy atom. The molecule has 0 radical (unpaired) electrons. The Morgan fingerprint density at radius 3 is 2.74 bits per heavy atom. The predicted octanol–water partition coefficient (Wildman–Crippen LogP) is -0.0488. The number of rotatable bonds is 4. The quantitative estimate of drug-likeness (QED) is 0.710. The first-order valence-corrected chi connectivity index (χ1v) is 6.22. The number of hydrogen-bond acceptors (Lipinski definition) is 4. The summed E-state index contributed by atoms with van der Waals surface area (Å²) in [7, 11) is 0. The smallest absolute Gasteiger partial charge is 0.267 e. The molecule has 2 heterocycles. The number of carbonyl (C=O) groups is 2. The second kappa shape index (κ2) is 5.64. The van der Waals surface area contributed by atoms with Crippen LogP contribution in [-0.4, -0.2) is 34.3 Å². The zero-order valence-electron chi connectivity index (χ0n) is 11.0. The highest BCUT2D eigenvalue weighted by Crippen LogP contribution is 2.09. The van der Waals surface area contributed by atoms with E-state index in [0.717, 1.165) is 23.4 Å². The van der Waals surface area contributed by atoms with Gasteiger partial charge in [0.2, 0.25) is 5.91 Å². The van der Waals surface area contributed by atoms with Crippen molar-refractivity contribution < 1.29 is 9.59 Å². The van der Waals surface area contributed by atoms with Gasteiger partial charge in [-0.25, -0.2) is 5.43 Å². The van der Waals surface area contributed by atoms with Crippen LogP contribution in [-0.2, 0) is 16.0 Å². The minimum atomic E-state index is -0.223. The number of amides is 2. The average molecular weight is 263 g/mol. The summed E-state index contributed by atoms with van der Waals surface area (Å²) in [6, 6.07) is 0. The molecule has 0 aliphatic carbocycles. The minimum Gasteiger partial charge on any atom is -0.351 e. The van der Waals surface area contributed by atoms with Crippen LogP contribution in [0.25, 0.3) is 0 Å². The Hall–Kier alpha value is -2.18. The third kappa shape index (κ3) is 3.18. The van der Waals surface area contributed by atoms with Gasteiger partial charge in [-0.05, 0) is 25.8 Å². The number of nitrogens with one attached hydrogen (secondary N) is 3. The van der Waals surface area contributed by atoms with Gasteiger partial charge < -0.3 is 5.32 Å². The van der Waals surface area contributed by atoms with Crippen LogP contribution in [0.15, 0.2) is 5.10 Å². The molecule has 7 nitrogen and oxygen atoms in total. The molecule has 2 amide bonds. The van der Waals surface area contributed by atoms with E-state index in [0.29, 0.717) is 25.1 Å². The van der Waals surface area contributed by atoms with Crippen LogP contribution >= 0.6 is 0 Å². The van der Waals surface area contributed by atoms with Crippen LogP contribution < -0.4 is 10.7 Å². The molecule has 19 heavy (non-hydrogen) atoms. The first kappa shape index (κ1) is 13.3. The lowest BCUT2D eigenvalue weighted by Crippen LogP contribution is -2.37. The van der Waals surface area contributed by atoms with Gasteiger partial charge in [0.05, 0.1) is 5.69 Å². The molecule has 1 aromatic rings. The molecule has 0 fully saturated rings. The number of aryl methyl sites for hydroxylation is 2. The Labute approximate surface area is 110 Å². The number of hydrogen-bond donors (Lipinski definition) is 3. The lowest BCUT2D eigenvalue weighted by molar-refractivity contribution is -0.121. The van der Waals surface area contributed by atoms with Crippen molar-refractivity contribution in [3.8, 4) is 0 Å². The molecule has 0 bridgehead atoms. The number of aromatic nitrogens is 2. The standard InChI is InChI=1S/C12H17N5O2/c1-7-9(8(2)15-14-7)5-6-13-12(19)10-3-4-11(18)17-16-10/h3-6H2,1-2H3,(H,13,19)(H,14,15)(H,17,18). The van der Waals surface area contributed by atoms with Crippen molar-refractivity contribution in [1.82, 2.24) is 20.9 Å². The summed E-state index contributed by atoms with van der Waals surface area (Å²) >= 11 is 0. The molecular formula is C12H17N5O2. The topological polar surface area (TPSA) is 99.2 Å². The van der Waals surface area contributed by atoms with Crippen LogP contribution in [0, 0.1) is 13.8 Å². The summed E-state index contributed by atoms with van der Waals surface area (Å²) < 4.78 is 0. The third-order valence-corrected chi connectivity index (χ3v) is 3.11. The van der Waals surface area contributed by atoms with Gasteiger partial charge in [0.25, 0.3) is 5.91 Å². The molecule has 1 aliphatic rings. The highest BCUT2D eigenvalue weighted by atomic mass is 16.2. The fourth-order valence-corrected chi connectivity index (χ4v) is 1.98. The van der Waals surface area contributed by atoms with E-state index >= 15 is 0 Å². The van der Waals surface area contributed by atoms with Gasteiger partial charge in [0, 0.05) is 25.1 Å². The van der Waals surface area contributed by atoms with Crippen molar-refractivity contribution in [2.45, 2.75) is 33.1 Å². The number of aromatic amines is 1. The molecule has 0 atom stereocenters. The fourth-order valence-electron chi connectivity index (χ4n) is 1.98. The summed E-state index contributed by atoms with van der Waals surface area (Å²) in [6.45, 7) is 4.41. The predicted molar refractivity (Wildman–Crippen MR) is 69.6 cm³/mol. The number of hydrazone groups is 1. The molecule has 0 spiro atoms. The number of nitrogens with zero attached hydrogens (tertiary/aromatic N) is 2. The zero-order valence-corrected chi connectivity index (χ0v) is 11.0. The Morgan fingerprint density at radius 2 is 2.16 bits per heavy atom. The highest BCUT2D eigenvalue weighted by Gasteiger charge is 2.17. The van der Waals surface area contributed by atoms with E-state index in [2.05, 4.69) is 26.0 Å². The maximum atomic E-state index is 11.8. The van der Waals surface area contributed by atoms with Crippen LogP contribution in [0.3, 0.4) is 0 Å². The molecule has 1 aliphatic heterocycles. The molecular weight excluding hydrogens is 246 g/mol. The van der Waals surface area contributed by atoms with E-state index < -0.39 is 0 Å². The zero-order chi connectivity index (χ0) is 13.8. The lowest BCUT2D eigenvalue weighted by Gasteiger charge is -2.11. The van der Waals surface area contributed by atoms with Gasteiger partial charge in [-0.2, -0.15) is 10.2 Å². The largest absolute Gasteiger partial charge is 0.351 e. The molecule has 102 valence electrons. The Kier molecular flexibility index (Phi) is 3.94. The highest BCUT2D eigenvalue weighted by molar-refractivity contribution is 6.39. The fraction of sp³-hybridized carbons (Fsp3) is 0.500. The first-order chi connectivity index (χ1) is 9.08. The van der Waals surface area contributed by atoms with Gasteiger partial charge in [0.15, 0.2) is 0 Å². The van der Waals surface area contributed by atoms with Gasteiger partial charge >= 0.3 is 0 Å². The summed E-state index contributed by atoms with van der Waals surface area (Å²) in [5.74, 6) is -0.375. The van der Waals surface area contributed by atoms with E-state index in [1.807, 2.05) is 13.8 Å². The van der Waals surface area contributed by atoms with Gasteiger partial charge in [-0.1, -0.05) is 0 Å². The average Bonchev–Trinajstić information content (AvgIpc) is 2.71. The third-order valence-electron chi connectivity index (χ3n) is 3.11. The van der Waals surface area contributed by atoms with Crippen molar-refractivity contribution in [3.63, 3.8) is 0 Å². The van der Waals surface area contributed by atoms with Gasteiger partial charge in [0.1, 0.15) is 5.71 Å². The second-order valence-electron chi connectivity index (χ2n) is 4.51. The SMILES string of the molecule is Cc1n[nH]c(C)c1CCNC(=O)C1=NNC(=O)CC1. The van der Waals surface area contributed by atoms with Crippen LogP contribution in [0.1, 0.15) is 29.8 Å². The lowest BCUT2D eigenvalue weighted by atomic mass is 10.1. The van der Waals surface area contributed by atoms with Crippen LogP contribution in [0.2, 0.25) is 0 Å². The summed E-state index contributed by atoms with van der Waals surface area (Å²) in [6.07, 6.45) is 1.42. The second-order valence-corrected chi connectivity index (χ2v) is 4.51. The first-order valence-electron chi connectivity index (χ1n) is 6.22. The Balaban J connectivity index is 1.83. The van der Waals surface area contributed by atoms with Crippen LogP contribution in [0.4, 0.5) is 0 Å². The maximum absolute atomic E-state index is 11.8. The summed E-state index contributed by atoms with van der Waals surface area (Å²) in [5, 5.41) is 13.6. The summed E-state index contributed by atoms with van der Waals surface area (Å²) in [5.41, 5.74) is 5.78. The number of H-pyrrole nitrogens is 1.